The Morgan fingerprint density at radius 1 is 1.19 bits per heavy atom. The van der Waals surface area contributed by atoms with E-state index in [4.69, 9.17) is 4.42 Å². The first-order chi connectivity index (χ1) is 12.7. The van der Waals surface area contributed by atoms with E-state index in [0.717, 1.165) is 6.26 Å². The topological polar surface area (TPSA) is 98.0 Å². The maximum Gasteiger partial charge on any atom is 0.314 e. The second-order valence-corrected chi connectivity index (χ2v) is 7.35. The Balaban J connectivity index is 1.85. The summed E-state index contributed by atoms with van der Waals surface area (Å²) < 4.78 is 69.1. The van der Waals surface area contributed by atoms with E-state index < -0.39 is 28.2 Å². The van der Waals surface area contributed by atoms with Crippen molar-refractivity contribution in [3.63, 3.8) is 0 Å². The van der Waals surface area contributed by atoms with Crippen molar-refractivity contribution in [3.05, 3.63) is 59.5 Å². The van der Waals surface area contributed by atoms with Crippen molar-refractivity contribution < 1.29 is 26.0 Å². The highest BCUT2D eigenvalue weighted by Crippen LogP contribution is 2.25. The van der Waals surface area contributed by atoms with Crippen LogP contribution < -0.4 is 4.72 Å². The highest BCUT2D eigenvalue weighted by molar-refractivity contribution is 7.92. The predicted molar refractivity (Wildman–Crippen MR) is 90.2 cm³/mol. The Kier molecular flexibility index (Phi) is 5.13. The zero-order chi connectivity index (χ0) is 19.6. The fourth-order valence-electron chi connectivity index (χ4n) is 2.31. The molecule has 0 aliphatic carbocycles. The largest absolute Gasteiger partial charge is 0.415 e. The van der Waals surface area contributed by atoms with Crippen LogP contribution in [0.4, 0.5) is 18.9 Å². The number of nitrogens with one attached hydrogen (secondary N) is 1. The van der Waals surface area contributed by atoms with Crippen molar-refractivity contribution >= 4 is 15.7 Å². The lowest BCUT2D eigenvalue weighted by atomic mass is 10.1. The standard InChI is InChI=1S/C16H13F3N4O3S/c1-27(24,25)23-13-4-2-3-12(17)11(13)7-10-6-5-9(8-20-10)15-21-22-16(26-15)14(18)19/h2-6,8,14,23H,7H2,1H3. The van der Waals surface area contributed by atoms with Crippen molar-refractivity contribution in [3.8, 4) is 11.5 Å². The third kappa shape index (κ3) is 4.61. The van der Waals surface area contributed by atoms with E-state index in [9.17, 15) is 21.6 Å². The average molecular weight is 398 g/mol. The van der Waals surface area contributed by atoms with E-state index in [2.05, 4.69) is 19.9 Å². The number of sulfonamides is 1. The van der Waals surface area contributed by atoms with Gasteiger partial charge in [0, 0.05) is 23.9 Å². The zero-order valence-electron chi connectivity index (χ0n) is 13.9. The summed E-state index contributed by atoms with van der Waals surface area (Å²) >= 11 is 0. The molecule has 0 saturated heterocycles. The monoisotopic (exact) mass is 398 g/mol. The van der Waals surface area contributed by atoms with Gasteiger partial charge in [-0.3, -0.25) is 9.71 Å². The number of alkyl halides is 2. The molecule has 0 spiro atoms. The summed E-state index contributed by atoms with van der Waals surface area (Å²) in [6.45, 7) is 0. The van der Waals surface area contributed by atoms with E-state index in [1.54, 1.807) is 0 Å². The second kappa shape index (κ2) is 7.35. The number of pyridine rings is 1. The van der Waals surface area contributed by atoms with Crippen LogP contribution in [0.15, 0.2) is 40.9 Å². The molecule has 27 heavy (non-hydrogen) atoms. The lowest BCUT2D eigenvalue weighted by Gasteiger charge is -2.11. The summed E-state index contributed by atoms with van der Waals surface area (Å²) in [4.78, 5) is 4.12. The van der Waals surface area contributed by atoms with Crippen LogP contribution in [0, 0.1) is 5.82 Å². The van der Waals surface area contributed by atoms with Crippen molar-refractivity contribution in [2.45, 2.75) is 12.8 Å². The van der Waals surface area contributed by atoms with E-state index in [1.807, 2.05) is 0 Å². The molecule has 3 aromatic rings. The number of hydrogen-bond donors (Lipinski definition) is 1. The second-order valence-electron chi connectivity index (χ2n) is 5.60. The Morgan fingerprint density at radius 3 is 2.56 bits per heavy atom. The van der Waals surface area contributed by atoms with Gasteiger partial charge < -0.3 is 4.42 Å². The highest BCUT2D eigenvalue weighted by Gasteiger charge is 2.18. The number of hydrogen-bond acceptors (Lipinski definition) is 6. The third-order valence-electron chi connectivity index (χ3n) is 3.47. The molecule has 2 heterocycles. The summed E-state index contributed by atoms with van der Waals surface area (Å²) in [7, 11) is -3.58. The van der Waals surface area contributed by atoms with Crippen molar-refractivity contribution in [1.82, 2.24) is 15.2 Å². The molecule has 1 aromatic carbocycles. The molecule has 0 aliphatic heterocycles. The van der Waals surface area contributed by atoms with Gasteiger partial charge in [-0.15, -0.1) is 10.2 Å². The molecule has 0 amide bonds. The first-order valence-corrected chi connectivity index (χ1v) is 9.44. The Hall–Kier alpha value is -2.95. The van der Waals surface area contributed by atoms with E-state index in [0.29, 0.717) is 11.3 Å². The maximum absolute atomic E-state index is 14.2. The highest BCUT2D eigenvalue weighted by atomic mass is 32.2. The molecule has 3 rings (SSSR count). The minimum atomic E-state index is -3.58. The lowest BCUT2D eigenvalue weighted by molar-refractivity contribution is 0.116. The van der Waals surface area contributed by atoms with Gasteiger partial charge in [-0.25, -0.2) is 12.8 Å². The SMILES string of the molecule is CS(=O)(=O)Nc1cccc(F)c1Cc1ccc(-c2nnc(C(F)F)o2)cn1. The van der Waals surface area contributed by atoms with Gasteiger partial charge in [0.1, 0.15) is 5.82 Å². The molecular formula is C16H13F3N4O3S. The van der Waals surface area contributed by atoms with Crippen molar-refractivity contribution in [2.75, 3.05) is 11.0 Å². The predicted octanol–water partition coefficient (Wildman–Crippen LogP) is 3.17. The van der Waals surface area contributed by atoms with Gasteiger partial charge in [0.2, 0.25) is 15.9 Å². The van der Waals surface area contributed by atoms with Crippen LogP contribution in [-0.2, 0) is 16.4 Å². The zero-order valence-corrected chi connectivity index (χ0v) is 14.7. The summed E-state index contributed by atoms with van der Waals surface area (Å²) in [6, 6.07) is 7.08. The quantitative estimate of drug-likeness (QED) is 0.685. The van der Waals surface area contributed by atoms with Gasteiger partial charge in [-0.1, -0.05) is 6.07 Å². The molecule has 7 nitrogen and oxygen atoms in total. The Morgan fingerprint density at radius 2 is 1.96 bits per heavy atom. The summed E-state index contributed by atoms with van der Waals surface area (Å²) in [5, 5.41) is 6.75. The van der Waals surface area contributed by atoms with Crippen LogP contribution in [0.1, 0.15) is 23.6 Å². The normalized spacial score (nSPS) is 11.7. The van der Waals surface area contributed by atoms with Gasteiger partial charge >= 0.3 is 6.43 Å². The summed E-state index contributed by atoms with van der Waals surface area (Å²) in [6.07, 6.45) is -0.577. The first-order valence-electron chi connectivity index (χ1n) is 7.55. The smallest absolute Gasteiger partial charge is 0.314 e. The van der Waals surface area contributed by atoms with Crippen molar-refractivity contribution in [1.29, 1.82) is 0 Å². The molecule has 0 fully saturated rings. The minimum Gasteiger partial charge on any atom is -0.415 e. The van der Waals surface area contributed by atoms with Gasteiger partial charge in [-0.05, 0) is 24.3 Å². The van der Waals surface area contributed by atoms with Crippen LogP contribution in [0.5, 0.6) is 0 Å². The molecule has 142 valence electrons. The molecule has 0 bridgehead atoms. The molecule has 0 atom stereocenters. The molecular weight excluding hydrogens is 385 g/mol. The molecule has 1 N–H and O–H groups in total. The van der Waals surface area contributed by atoms with Gasteiger partial charge in [0.05, 0.1) is 17.5 Å². The molecule has 0 saturated carbocycles. The van der Waals surface area contributed by atoms with Crippen LogP contribution in [0.25, 0.3) is 11.5 Å². The number of anilines is 1. The fraction of sp³-hybridized carbons (Fsp3) is 0.188. The van der Waals surface area contributed by atoms with E-state index in [-0.39, 0.29) is 23.6 Å². The van der Waals surface area contributed by atoms with Crippen LogP contribution >= 0.6 is 0 Å². The van der Waals surface area contributed by atoms with Crippen LogP contribution in [0.2, 0.25) is 0 Å². The third-order valence-corrected chi connectivity index (χ3v) is 4.06. The number of nitrogens with zero attached hydrogens (tertiary/aromatic N) is 3. The molecule has 0 unspecified atom stereocenters. The Labute approximate surface area is 152 Å². The van der Waals surface area contributed by atoms with E-state index >= 15 is 0 Å². The summed E-state index contributed by atoms with van der Waals surface area (Å²) in [5.41, 5.74) is 0.984. The van der Waals surface area contributed by atoms with Crippen molar-refractivity contribution in [2.24, 2.45) is 0 Å². The number of halogens is 3. The van der Waals surface area contributed by atoms with E-state index in [1.165, 1.54) is 36.5 Å². The molecule has 11 heteroatoms. The number of benzene rings is 1. The molecule has 0 aliphatic rings. The van der Waals surface area contributed by atoms with Crippen LogP contribution in [-0.4, -0.2) is 29.9 Å². The molecule has 0 radical (unpaired) electrons. The lowest BCUT2D eigenvalue weighted by Crippen LogP contribution is -2.12. The van der Waals surface area contributed by atoms with Gasteiger partial charge in [0.25, 0.3) is 5.89 Å². The Bertz CT molecular complexity index is 1050. The number of aromatic nitrogens is 3. The fourth-order valence-corrected chi connectivity index (χ4v) is 2.90. The van der Waals surface area contributed by atoms with Crippen LogP contribution in [0.3, 0.4) is 0 Å². The van der Waals surface area contributed by atoms with Gasteiger partial charge in [-0.2, -0.15) is 8.78 Å². The average Bonchev–Trinajstić information content (AvgIpc) is 3.08. The minimum absolute atomic E-state index is 0.0108. The first kappa shape index (κ1) is 18.8. The number of rotatable bonds is 6. The molecule has 2 aromatic heterocycles. The summed E-state index contributed by atoms with van der Waals surface area (Å²) in [5.74, 6) is -1.50. The van der Waals surface area contributed by atoms with Gasteiger partial charge in [0.15, 0.2) is 0 Å². The maximum atomic E-state index is 14.2.